The van der Waals surface area contributed by atoms with Gasteiger partial charge in [0.2, 0.25) is 5.91 Å². The van der Waals surface area contributed by atoms with E-state index < -0.39 is 0 Å². The summed E-state index contributed by atoms with van der Waals surface area (Å²) < 4.78 is 0.706. The zero-order valence-electron chi connectivity index (χ0n) is 9.57. The third kappa shape index (κ3) is 3.44. The van der Waals surface area contributed by atoms with Gasteiger partial charge < -0.3 is 10.6 Å². The van der Waals surface area contributed by atoms with Crippen LogP contribution in [-0.2, 0) is 4.79 Å². The molecule has 6 heteroatoms. The van der Waals surface area contributed by atoms with E-state index in [-0.39, 0.29) is 18.4 Å². The predicted molar refractivity (Wildman–Crippen MR) is 66.3 cm³/mol. The Kier molecular flexibility index (Phi) is 4.23. The number of hydrogen-bond acceptors (Lipinski definition) is 4. The number of anilines is 1. The second-order valence-corrected chi connectivity index (χ2v) is 4.70. The first kappa shape index (κ1) is 12.9. The summed E-state index contributed by atoms with van der Waals surface area (Å²) in [6, 6.07) is 1.76. The summed E-state index contributed by atoms with van der Waals surface area (Å²) in [4.78, 5) is 21.1. The van der Waals surface area contributed by atoms with Crippen LogP contribution in [0.4, 0.5) is 5.82 Å². The molecule has 2 N–H and O–H groups in total. The minimum absolute atomic E-state index is 0.140. The minimum atomic E-state index is -0.386. The summed E-state index contributed by atoms with van der Waals surface area (Å²) in [5.74, 6) is 1.27. The molecule has 1 rings (SSSR count). The van der Waals surface area contributed by atoms with Gasteiger partial charge in [-0.1, -0.05) is 13.8 Å². The first-order valence-corrected chi connectivity index (χ1v) is 5.73. The molecule has 0 fully saturated rings. The predicted octanol–water partition coefficient (Wildman–Crippen LogP) is 1.28. The van der Waals surface area contributed by atoms with E-state index >= 15 is 0 Å². The maximum Gasteiger partial charge on any atom is 0.236 e. The molecule has 0 aliphatic rings. The van der Waals surface area contributed by atoms with Crippen LogP contribution >= 0.6 is 15.9 Å². The van der Waals surface area contributed by atoms with E-state index in [1.54, 1.807) is 18.0 Å². The second-order valence-electron chi connectivity index (χ2n) is 3.88. The second kappa shape index (κ2) is 5.25. The minimum Gasteiger partial charge on any atom is -0.368 e. The number of halogens is 1. The van der Waals surface area contributed by atoms with E-state index in [2.05, 4.69) is 25.9 Å². The summed E-state index contributed by atoms with van der Waals surface area (Å²) in [6.45, 7) is 4.17. The lowest BCUT2D eigenvalue weighted by Gasteiger charge is -2.17. The average Bonchev–Trinajstić information content (AvgIpc) is 2.15. The van der Waals surface area contributed by atoms with Gasteiger partial charge in [-0.3, -0.25) is 4.79 Å². The molecule has 5 nitrogen and oxygen atoms in total. The largest absolute Gasteiger partial charge is 0.368 e. The van der Waals surface area contributed by atoms with Crippen molar-refractivity contribution < 1.29 is 4.79 Å². The molecule has 88 valence electrons. The first-order valence-electron chi connectivity index (χ1n) is 4.94. The molecule has 0 spiro atoms. The molecular formula is C10H15BrN4O. The van der Waals surface area contributed by atoms with Gasteiger partial charge in [-0.2, -0.15) is 0 Å². The Morgan fingerprint density at radius 1 is 1.56 bits per heavy atom. The number of nitrogens with zero attached hydrogens (tertiary/aromatic N) is 3. The molecule has 1 heterocycles. The maximum atomic E-state index is 10.8. The molecule has 0 aliphatic heterocycles. The van der Waals surface area contributed by atoms with Gasteiger partial charge in [-0.05, 0) is 15.9 Å². The van der Waals surface area contributed by atoms with Gasteiger partial charge in [0, 0.05) is 19.0 Å². The zero-order chi connectivity index (χ0) is 12.3. The van der Waals surface area contributed by atoms with Crippen LogP contribution in [0.3, 0.4) is 0 Å². The number of carbonyl (C=O) groups is 1. The smallest absolute Gasteiger partial charge is 0.236 e. The summed E-state index contributed by atoms with van der Waals surface area (Å²) in [6.07, 6.45) is 0. The molecule has 0 bridgehead atoms. The number of primary amides is 1. The molecule has 0 radical (unpaired) electrons. The zero-order valence-corrected chi connectivity index (χ0v) is 11.2. The lowest BCUT2D eigenvalue weighted by atomic mass is 10.2. The van der Waals surface area contributed by atoms with E-state index in [1.807, 2.05) is 13.8 Å². The van der Waals surface area contributed by atoms with Crippen molar-refractivity contribution in [2.24, 2.45) is 5.73 Å². The van der Waals surface area contributed by atoms with Crippen LogP contribution in [0.5, 0.6) is 0 Å². The van der Waals surface area contributed by atoms with Gasteiger partial charge in [0.05, 0.1) is 6.54 Å². The van der Waals surface area contributed by atoms with E-state index in [1.165, 1.54) is 0 Å². The fourth-order valence-corrected chi connectivity index (χ4v) is 1.58. The van der Waals surface area contributed by atoms with Gasteiger partial charge in [0.25, 0.3) is 0 Å². The summed E-state index contributed by atoms with van der Waals surface area (Å²) in [5.41, 5.74) is 5.13. The number of amides is 1. The van der Waals surface area contributed by atoms with Crippen LogP contribution in [-0.4, -0.2) is 29.5 Å². The molecule has 1 aromatic rings. The summed E-state index contributed by atoms with van der Waals surface area (Å²) >= 11 is 3.32. The van der Waals surface area contributed by atoms with Gasteiger partial charge >= 0.3 is 0 Å². The number of carbonyl (C=O) groups excluding carboxylic acids is 1. The van der Waals surface area contributed by atoms with Crippen LogP contribution in [0.25, 0.3) is 0 Å². The highest BCUT2D eigenvalue weighted by atomic mass is 79.9. The number of nitrogens with two attached hydrogens (primary N) is 1. The van der Waals surface area contributed by atoms with Crippen molar-refractivity contribution in [1.29, 1.82) is 0 Å². The third-order valence-electron chi connectivity index (χ3n) is 2.00. The molecule has 16 heavy (non-hydrogen) atoms. The Bertz CT molecular complexity index is 394. The van der Waals surface area contributed by atoms with Crippen molar-refractivity contribution in [2.75, 3.05) is 18.5 Å². The first-order chi connectivity index (χ1) is 7.40. The van der Waals surface area contributed by atoms with Crippen LogP contribution in [0.1, 0.15) is 25.6 Å². The van der Waals surface area contributed by atoms with E-state index in [0.717, 1.165) is 5.82 Å². The molecule has 0 saturated carbocycles. The average molecular weight is 287 g/mol. The van der Waals surface area contributed by atoms with Crippen molar-refractivity contribution in [1.82, 2.24) is 9.97 Å². The number of aromatic nitrogens is 2. The highest BCUT2D eigenvalue weighted by Crippen LogP contribution is 2.19. The van der Waals surface area contributed by atoms with Gasteiger partial charge in [0.15, 0.2) is 0 Å². The van der Waals surface area contributed by atoms with Crippen LogP contribution in [0.15, 0.2) is 10.7 Å². The number of likely N-dealkylation sites (N-methyl/N-ethyl adjacent to an activating group) is 1. The lowest BCUT2D eigenvalue weighted by Crippen LogP contribution is -2.31. The van der Waals surface area contributed by atoms with Gasteiger partial charge in [-0.15, -0.1) is 0 Å². The third-order valence-corrected chi connectivity index (χ3v) is 2.41. The van der Waals surface area contributed by atoms with Gasteiger partial charge in [-0.25, -0.2) is 9.97 Å². The Morgan fingerprint density at radius 2 is 2.19 bits per heavy atom. The molecular weight excluding hydrogens is 272 g/mol. The van der Waals surface area contributed by atoms with Crippen molar-refractivity contribution >= 4 is 27.7 Å². The Balaban J connectivity index is 2.99. The molecule has 0 unspecified atom stereocenters. The van der Waals surface area contributed by atoms with Crippen molar-refractivity contribution in [3.8, 4) is 0 Å². The number of hydrogen-bond donors (Lipinski definition) is 1. The SMILES string of the molecule is CC(C)c1nc(Br)cc(N(C)CC(N)=O)n1. The van der Waals surface area contributed by atoms with Crippen LogP contribution in [0.2, 0.25) is 0 Å². The summed E-state index contributed by atoms with van der Waals surface area (Å²) in [7, 11) is 1.77. The Hall–Kier alpha value is -1.17. The van der Waals surface area contributed by atoms with Crippen molar-refractivity contribution in [2.45, 2.75) is 19.8 Å². The van der Waals surface area contributed by atoms with Gasteiger partial charge in [0.1, 0.15) is 16.2 Å². The molecule has 0 aromatic carbocycles. The normalized spacial score (nSPS) is 10.6. The Morgan fingerprint density at radius 3 is 2.69 bits per heavy atom. The topological polar surface area (TPSA) is 72.1 Å². The lowest BCUT2D eigenvalue weighted by molar-refractivity contribution is -0.116. The molecule has 0 atom stereocenters. The molecule has 1 amide bonds. The summed E-state index contributed by atoms with van der Waals surface area (Å²) in [5, 5.41) is 0. The van der Waals surface area contributed by atoms with Crippen molar-refractivity contribution in [3.05, 3.63) is 16.5 Å². The highest BCUT2D eigenvalue weighted by molar-refractivity contribution is 9.10. The quantitative estimate of drug-likeness (QED) is 0.847. The number of rotatable bonds is 4. The van der Waals surface area contributed by atoms with Crippen LogP contribution < -0.4 is 10.6 Å². The van der Waals surface area contributed by atoms with Crippen LogP contribution in [0, 0.1) is 0 Å². The Labute approximate surface area is 103 Å². The van der Waals surface area contributed by atoms with E-state index in [0.29, 0.717) is 10.4 Å². The van der Waals surface area contributed by atoms with E-state index in [4.69, 9.17) is 5.73 Å². The molecule has 0 saturated heterocycles. The fraction of sp³-hybridized carbons (Fsp3) is 0.500. The van der Waals surface area contributed by atoms with Crippen molar-refractivity contribution in [3.63, 3.8) is 0 Å². The monoisotopic (exact) mass is 286 g/mol. The molecule has 1 aromatic heterocycles. The highest BCUT2D eigenvalue weighted by Gasteiger charge is 2.11. The standard InChI is InChI=1S/C10H15BrN4O/c1-6(2)10-13-7(11)4-9(14-10)15(3)5-8(12)16/h4,6H,5H2,1-3H3,(H2,12,16). The fourth-order valence-electron chi connectivity index (χ4n) is 1.19. The maximum absolute atomic E-state index is 10.8. The molecule has 0 aliphatic carbocycles. The van der Waals surface area contributed by atoms with E-state index in [9.17, 15) is 4.79 Å².